The Bertz CT molecular complexity index is 879. The minimum absolute atomic E-state index is 0.0151. The van der Waals surface area contributed by atoms with Crippen molar-refractivity contribution < 1.29 is 14.3 Å². The number of carbonyl (C=O) groups excluding carboxylic acids is 1. The minimum Gasteiger partial charge on any atom is -0.467 e. The first-order valence-electron chi connectivity index (χ1n) is 9.01. The number of amides is 2. The molecule has 27 heavy (non-hydrogen) atoms. The highest BCUT2D eigenvalue weighted by Crippen LogP contribution is 2.31. The number of rotatable bonds is 5. The van der Waals surface area contributed by atoms with Gasteiger partial charge in [0, 0.05) is 25.2 Å². The predicted octanol–water partition coefficient (Wildman–Crippen LogP) is 4.52. The van der Waals surface area contributed by atoms with Crippen LogP contribution in [0.2, 0.25) is 0 Å². The van der Waals surface area contributed by atoms with Crippen LogP contribution in [-0.2, 0) is 0 Å². The molecular formula is C20H21N3O3S. The molecule has 1 aromatic carbocycles. The van der Waals surface area contributed by atoms with E-state index < -0.39 is 6.10 Å². The molecule has 6 nitrogen and oxygen atoms in total. The van der Waals surface area contributed by atoms with E-state index in [1.54, 1.807) is 29.5 Å². The summed E-state index contributed by atoms with van der Waals surface area (Å²) in [4.78, 5) is 19.8. The molecule has 0 radical (unpaired) electrons. The van der Waals surface area contributed by atoms with Gasteiger partial charge in [0.1, 0.15) is 11.9 Å². The van der Waals surface area contributed by atoms with Gasteiger partial charge in [0.05, 0.1) is 11.1 Å². The maximum Gasteiger partial charge on any atom is 0.323 e. The van der Waals surface area contributed by atoms with Crippen LogP contribution in [0.15, 0.2) is 59.3 Å². The van der Waals surface area contributed by atoms with E-state index in [-0.39, 0.29) is 12.1 Å². The summed E-state index contributed by atoms with van der Waals surface area (Å²) in [5.41, 5.74) is 1.08. The van der Waals surface area contributed by atoms with Gasteiger partial charge < -0.3 is 14.4 Å². The van der Waals surface area contributed by atoms with Gasteiger partial charge in [-0.2, -0.15) is 0 Å². The number of urea groups is 1. The van der Waals surface area contributed by atoms with Crippen LogP contribution in [0, 0.1) is 0 Å². The van der Waals surface area contributed by atoms with Gasteiger partial charge in [-0.3, -0.25) is 5.32 Å². The highest BCUT2D eigenvalue weighted by Gasteiger charge is 2.31. The van der Waals surface area contributed by atoms with Crippen molar-refractivity contribution in [2.45, 2.75) is 31.4 Å². The molecule has 2 aromatic heterocycles. The average Bonchev–Trinajstić information content (AvgIpc) is 3.44. The van der Waals surface area contributed by atoms with E-state index in [1.165, 1.54) is 11.3 Å². The van der Waals surface area contributed by atoms with Gasteiger partial charge in [0.2, 0.25) is 0 Å². The molecule has 4 rings (SSSR count). The Kier molecular flexibility index (Phi) is 5.22. The number of aliphatic hydroxyl groups is 1. The molecule has 3 heterocycles. The van der Waals surface area contributed by atoms with Crippen molar-refractivity contribution in [1.82, 2.24) is 9.88 Å². The zero-order valence-corrected chi connectivity index (χ0v) is 15.6. The van der Waals surface area contributed by atoms with Gasteiger partial charge in [-0.15, -0.1) is 0 Å². The van der Waals surface area contributed by atoms with E-state index in [1.807, 2.05) is 30.3 Å². The zero-order chi connectivity index (χ0) is 18.6. The van der Waals surface area contributed by atoms with Crippen molar-refractivity contribution in [3.63, 3.8) is 0 Å². The summed E-state index contributed by atoms with van der Waals surface area (Å²) in [6.07, 6.45) is 4.88. The predicted molar refractivity (Wildman–Crippen MR) is 105 cm³/mol. The monoisotopic (exact) mass is 383 g/mol. The molecule has 2 amide bonds. The lowest BCUT2D eigenvalue weighted by atomic mass is 10.1. The van der Waals surface area contributed by atoms with E-state index in [2.05, 4.69) is 10.3 Å². The number of benzene rings is 1. The van der Waals surface area contributed by atoms with E-state index in [4.69, 9.17) is 4.42 Å². The van der Waals surface area contributed by atoms with Gasteiger partial charge in [-0.05, 0) is 30.5 Å². The average molecular weight is 383 g/mol. The van der Waals surface area contributed by atoms with Gasteiger partial charge in [-0.25, -0.2) is 9.78 Å². The molecule has 1 aliphatic rings. The third-order valence-corrected chi connectivity index (χ3v) is 5.74. The second-order valence-electron chi connectivity index (χ2n) is 6.58. The summed E-state index contributed by atoms with van der Waals surface area (Å²) >= 11 is 1.45. The van der Waals surface area contributed by atoms with Crippen molar-refractivity contribution in [1.29, 1.82) is 0 Å². The molecule has 2 atom stereocenters. The van der Waals surface area contributed by atoms with Crippen molar-refractivity contribution in [2.24, 2.45) is 0 Å². The first kappa shape index (κ1) is 17.8. The molecule has 0 aliphatic carbocycles. The number of carbonyl (C=O) groups is 1. The number of furan rings is 1. The van der Waals surface area contributed by atoms with Crippen molar-refractivity contribution >= 4 is 22.5 Å². The molecule has 1 saturated heterocycles. The lowest BCUT2D eigenvalue weighted by Crippen LogP contribution is -2.39. The summed E-state index contributed by atoms with van der Waals surface area (Å²) in [6.45, 7) is 0.679. The van der Waals surface area contributed by atoms with Crippen LogP contribution in [0.5, 0.6) is 0 Å². The second kappa shape index (κ2) is 7.94. The molecule has 0 spiro atoms. The van der Waals surface area contributed by atoms with E-state index in [0.717, 1.165) is 23.3 Å². The third kappa shape index (κ3) is 4.04. The standard InChI is InChI=1S/C20H21N3O3S/c24-16(17-9-5-11-26-17)12-15-8-4-10-23(15)20(25)22-19-21-13-18(27-19)14-6-2-1-3-7-14/h1-3,5-7,9,11,13,15-16,24H,4,8,10,12H2,(H,21,22,25)/t15-,16-/m0/s1. The lowest BCUT2D eigenvalue weighted by Gasteiger charge is -2.25. The van der Waals surface area contributed by atoms with Crippen LogP contribution in [0.25, 0.3) is 10.4 Å². The van der Waals surface area contributed by atoms with Gasteiger partial charge in [0.15, 0.2) is 5.13 Å². The highest BCUT2D eigenvalue weighted by molar-refractivity contribution is 7.19. The Hall–Kier alpha value is -2.64. The van der Waals surface area contributed by atoms with Crippen LogP contribution < -0.4 is 5.32 Å². The van der Waals surface area contributed by atoms with Crippen molar-refractivity contribution in [3.8, 4) is 10.4 Å². The second-order valence-corrected chi connectivity index (χ2v) is 7.61. The topological polar surface area (TPSA) is 78.6 Å². The van der Waals surface area contributed by atoms with Crippen molar-refractivity contribution in [3.05, 3.63) is 60.7 Å². The van der Waals surface area contributed by atoms with Crippen molar-refractivity contribution in [2.75, 3.05) is 11.9 Å². The maximum absolute atomic E-state index is 12.7. The molecule has 0 saturated carbocycles. The van der Waals surface area contributed by atoms with Gasteiger partial charge >= 0.3 is 6.03 Å². The number of anilines is 1. The minimum atomic E-state index is -0.706. The molecule has 2 N–H and O–H groups in total. The highest BCUT2D eigenvalue weighted by atomic mass is 32.1. The fraction of sp³-hybridized carbons (Fsp3) is 0.300. The number of likely N-dealkylation sites (tertiary alicyclic amines) is 1. The molecular weight excluding hydrogens is 362 g/mol. The molecule has 3 aromatic rings. The van der Waals surface area contributed by atoms with Crippen LogP contribution in [-0.4, -0.2) is 33.6 Å². The third-order valence-electron chi connectivity index (χ3n) is 4.78. The summed E-state index contributed by atoms with van der Waals surface area (Å²) in [5.74, 6) is 0.537. The zero-order valence-electron chi connectivity index (χ0n) is 14.7. The lowest BCUT2D eigenvalue weighted by molar-refractivity contribution is 0.110. The Morgan fingerprint density at radius 3 is 2.96 bits per heavy atom. The Labute approximate surface area is 161 Å². The molecule has 1 aliphatic heterocycles. The molecule has 140 valence electrons. The maximum atomic E-state index is 12.7. The van der Waals surface area contributed by atoms with Crippen LogP contribution in [0.4, 0.5) is 9.93 Å². The number of nitrogens with one attached hydrogen (secondary N) is 1. The molecule has 0 bridgehead atoms. The summed E-state index contributed by atoms with van der Waals surface area (Å²) < 4.78 is 5.26. The summed E-state index contributed by atoms with van der Waals surface area (Å²) in [7, 11) is 0. The number of aromatic nitrogens is 1. The summed E-state index contributed by atoms with van der Waals surface area (Å²) in [6, 6.07) is 13.3. The van der Waals surface area contributed by atoms with Gasteiger partial charge in [-0.1, -0.05) is 41.7 Å². The Morgan fingerprint density at radius 1 is 1.33 bits per heavy atom. The smallest absolute Gasteiger partial charge is 0.323 e. The molecule has 0 unspecified atom stereocenters. The normalized spacial score (nSPS) is 17.8. The van der Waals surface area contributed by atoms with E-state index in [9.17, 15) is 9.90 Å². The largest absolute Gasteiger partial charge is 0.467 e. The van der Waals surface area contributed by atoms with Gasteiger partial charge in [0.25, 0.3) is 0 Å². The van der Waals surface area contributed by atoms with Crippen LogP contribution in [0.1, 0.15) is 31.1 Å². The van der Waals surface area contributed by atoms with E-state index in [0.29, 0.717) is 23.9 Å². The number of aliphatic hydroxyl groups excluding tert-OH is 1. The SMILES string of the molecule is O=C(Nc1ncc(-c2ccccc2)s1)N1CCC[C@H]1C[C@H](O)c1ccco1. The first-order valence-corrected chi connectivity index (χ1v) is 9.82. The fourth-order valence-corrected chi connectivity index (χ4v) is 4.25. The fourth-order valence-electron chi connectivity index (χ4n) is 3.43. The van der Waals surface area contributed by atoms with Crippen LogP contribution in [0.3, 0.4) is 0 Å². The number of nitrogens with zero attached hydrogens (tertiary/aromatic N) is 2. The molecule has 7 heteroatoms. The quantitative estimate of drug-likeness (QED) is 0.679. The number of hydrogen-bond acceptors (Lipinski definition) is 5. The number of hydrogen-bond donors (Lipinski definition) is 2. The van der Waals surface area contributed by atoms with E-state index >= 15 is 0 Å². The first-order chi connectivity index (χ1) is 13.2. The Balaban J connectivity index is 1.39. The number of thiazole rings is 1. The van der Waals surface area contributed by atoms with Crippen LogP contribution >= 0.6 is 11.3 Å². The Morgan fingerprint density at radius 2 is 2.19 bits per heavy atom. The summed E-state index contributed by atoms with van der Waals surface area (Å²) in [5, 5.41) is 13.8. The molecule has 1 fully saturated rings.